The zero-order valence-electron chi connectivity index (χ0n) is 11.2. The Morgan fingerprint density at radius 2 is 2.45 bits per heavy atom. The molecule has 1 fully saturated rings. The Balaban J connectivity index is 1.48. The van der Waals surface area contributed by atoms with E-state index in [1.807, 2.05) is 12.4 Å². The number of amides is 1. The van der Waals surface area contributed by atoms with Crippen molar-refractivity contribution in [2.24, 2.45) is 0 Å². The number of ether oxygens (including phenoxy) is 1. The number of hydrogen-bond donors (Lipinski definition) is 1. The van der Waals surface area contributed by atoms with Crippen LogP contribution in [0, 0.1) is 0 Å². The minimum absolute atomic E-state index is 0.120. The second-order valence-electron chi connectivity index (χ2n) is 4.86. The fourth-order valence-corrected chi connectivity index (χ4v) is 1.96. The highest BCUT2D eigenvalue weighted by Gasteiger charge is 2.24. The smallest absolute Gasteiger partial charge is 0.254 e. The lowest BCUT2D eigenvalue weighted by atomic mass is 10.2. The van der Waals surface area contributed by atoms with Crippen molar-refractivity contribution in [2.75, 3.05) is 7.11 Å². The molecule has 0 aliphatic heterocycles. The van der Waals surface area contributed by atoms with E-state index in [0.29, 0.717) is 17.6 Å². The fourth-order valence-electron chi connectivity index (χ4n) is 1.96. The standard InChI is InChI=1S/C13H16N4O3/c1-19-13-4-11(20-16-13)6-14-12(18)8-17-7-10(5-15-17)9-2-3-9/h4-5,7,9H,2-3,6,8H2,1H3,(H,14,18). The third kappa shape index (κ3) is 2.98. The lowest BCUT2D eigenvalue weighted by Gasteiger charge is -2.02. The predicted molar refractivity (Wildman–Crippen MR) is 69.1 cm³/mol. The summed E-state index contributed by atoms with van der Waals surface area (Å²) in [6, 6.07) is 1.64. The topological polar surface area (TPSA) is 82.2 Å². The molecule has 2 aromatic heterocycles. The van der Waals surface area contributed by atoms with E-state index in [1.165, 1.54) is 25.5 Å². The second-order valence-corrected chi connectivity index (χ2v) is 4.86. The maximum absolute atomic E-state index is 11.8. The van der Waals surface area contributed by atoms with Gasteiger partial charge in [-0.2, -0.15) is 5.10 Å². The van der Waals surface area contributed by atoms with E-state index >= 15 is 0 Å². The van der Waals surface area contributed by atoms with Crippen molar-refractivity contribution in [1.82, 2.24) is 20.3 Å². The molecule has 7 nitrogen and oxygen atoms in total. The molecular weight excluding hydrogens is 260 g/mol. The molecule has 0 bridgehead atoms. The van der Waals surface area contributed by atoms with E-state index in [1.54, 1.807) is 10.7 Å². The Morgan fingerprint density at radius 1 is 1.60 bits per heavy atom. The summed E-state index contributed by atoms with van der Waals surface area (Å²) in [5, 5.41) is 10.6. The Morgan fingerprint density at radius 3 is 3.15 bits per heavy atom. The van der Waals surface area contributed by atoms with Crippen LogP contribution in [0.5, 0.6) is 5.88 Å². The summed E-state index contributed by atoms with van der Waals surface area (Å²) in [4.78, 5) is 11.8. The molecule has 0 atom stereocenters. The summed E-state index contributed by atoms with van der Waals surface area (Å²) in [6.07, 6.45) is 6.23. The van der Waals surface area contributed by atoms with Crippen LogP contribution >= 0.6 is 0 Å². The maximum Gasteiger partial charge on any atom is 0.254 e. The molecule has 1 N–H and O–H groups in total. The van der Waals surface area contributed by atoms with Gasteiger partial charge in [-0.3, -0.25) is 9.48 Å². The molecule has 1 amide bonds. The van der Waals surface area contributed by atoms with Gasteiger partial charge in [0.25, 0.3) is 5.88 Å². The summed E-state index contributed by atoms with van der Waals surface area (Å²) in [6.45, 7) is 0.490. The summed E-state index contributed by atoms with van der Waals surface area (Å²) < 4.78 is 11.5. The fraction of sp³-hybridized carbons (Fsp3) is 0.462. The normalized spacial score (nSPS) is 14.2. The van der Waals surface area contributed by atoms with Gasteiger partial charge in [0, 0.05) is 12.3 Å². The monoisotopic (exact) mass is 276 g/mol. The van der Waals surface area contributed by atoms with Crippen molar-refractivity contribution in [2.45, 2.75) is 31.8 Å². The van der Waals surface area contributed by atoms with Gasteiger partial charge in [0.05, 0.1) is 19.9 Å². The van der Waals surface area contributed by atoms with Crippen LogP contribution in [0.2, 0.25) is 0 Å². The molecule has 0 spiro atoms. The SMILES string of the molecule is COc1cc(CNC(=O)Cn2cc(C3CC3)cn2)on1. The van der Waals surface area contributed by atoms with Crippen LogP contribution in [0.4, 0.5) is 0 Å². The van der Waals surface area contributed by atoms with Gasteiger partial charge in [0.1, 0.15) is 6.54 Å². The minimum atomic E-state index is -0.120. The quantitative estimate of drug-likeness (QED) is 0.853. The van der Waals surface area contributed by atoms with Crippen LogP contribution < -0.4 is 10.1 Å². The van der Waals surface area contributed by atoms with Crippen LogP contribution in [0.15, 0.2) is 23.0 Å². The number of hydrogen-bond acceptors (Lipinski definition) is 5. The summed E-state index contributed by atoms with van der Waals surface area (Å²) in [7, 11) is 1.51. The molecule has 0 radical (unpaired) electrons. The van der Waals surface area contributed by atoms with E-state index in [-0.39, 0.29) is 19.0 Å². The first kappa shape index (κ1) is 12.7. The Hall–Kier alpha value is -2.31. The van der Waals surface area contributed by atoms with Crippen molar-refractivity contribution in [1.29, 1.82) is 0 Å². The van der Waals surface area contributed by atoms with Gasteiger partial charge in [-0.25, -0.2) is 0 Å². The lowest BCUT2D eigenvalue weighted by molar-refractivity contribution is -0.122. The van der Waals surface area contributed by atoms with Gasteiger partial charge in [0.15, 0.2) is 5.76 Å². The number of aromatic nitrogens is 3. The first-order chi connectivity index (χ1) is 9.74. The highest BCUT2D eigenvalue weighted by molar-refractivity contribution is 5.75. The molecule has 20 heavy (non-hydrogen) atoms. The molecule has 0 unspecified atom stereocenters. The van der Waals surface area contributed by atoms with Crippen LogP contribution in [-0.2, 0) is 17.9 Å². The molecule has 1 aliphatic rings. The number of carbonyl (C=O) groups excluding carboxylic acids is 1. The van der Waals surface area contributed by atoms with E-state index < -0.39 is 0 Å². The molecule has 2 aromatic rings. The predicted octanol–water partition coefficient (Wildman–Crippen LogP) is 1.07. The molecular formula is C13H16N4O3. The van der Waals surface area contributed by atoms with Gasteiger partial charge in [-0.1, -0.05) is 0 Å². The first-order valence-corrected chi connectivity index (χ1v) is 6.53. The van der Waals surface area contributed by atoms with Crippen molar-refractivity contribution < 1.29 is 14.1 Å². The van der Waals surface area contributed by atoms with E-state index in [0.717, 1.165) is 0 Å². The van der Waals surface area contributed by atoms with E-state index in [9.17, 15) is 4.79 Å². The summed E-state index contributed by atoms with van der Waals surface area (Å²) in [5.41, 5.74) is 1.22. The summed E-state index contributed by atoms with van der Waals surface area (Å²) >= 11 is 0. The van der Waals surface area contributed by atoms with Crippen molar-refractivity contribution in [3.05, 3.63) is 29.8 Å². The highest BCUT2D eigenvalue weighted by Crippen LogP contribution is 2.39. The zero-order chi connectivity index (χ0) is 13.9. The Labute approximate surface area is 115 Å². The number of methoxy groups -OCH3 is 1. The molecule has 7 heteroatoms. The third-order valence-electron chi connectivity index (χ3n) is 3.21. The van der Waals surface area contributed by atoms with Gasteiger partial charge in [-0.05, 0) is 29.5 Å². The zero-order valence-corrected chi connectivity index (χ0v) is 11.2. The van der Waals surface area contributed by atoms with E-state index in [2.05, 4.69) is 15.6 Å². The average Bonchev–Trinajstić information content (AvgIpc) is 3.02. The highest BCUT2D eigenvalue weighted by atomic mass is 16.5. The lowest BCUT2D eigenvalue weighted by Crippen LogP contribution is -2.27. The molecule has 2 heterocycles. The molecule has 1 aliphatic carbocycles. The Bertz CT molecular complexity index is 600. The molecule has 0 aromatic carbocycles. The second kappa shape index (κ2) is 5.36. The number of rotatable bonds is 6. The minimum Gasteiger partial charge on any atom is -0.479 e. The van der Waals surface area contributed by atoms with Gasteiger partial charge >= 0.3 is 0 Å². The molecule has 1 saturated carbocycles. The number of nitrogens with zero attached hydrogens (tertiary/aromatic N) is 3. The van der Waals surface area contributed by atoms with Crippen LogP contribution in [0.25, 0.3) is 0 Å². The molecule has 106 valence electrons. The van der Waals surface area contributed by atoms with Crippen LogP contribution in [0.3, 0.4) is 0 Å². The van der Waals surface area contributed by atoms with E-state index in [4.69, 9.17) is 9.26 Å². The number of carbonyl (C=O) groups is 1. The maximum atomic E-state index is 11.8. The van der Waals surface area contributed by atoms with Crippen molar-refractivity contribution in [3.63, 3.8) is 0 Å². The van der Waals surface area contributed by atoms with Crippen molar-refractivity contribution in [3.8, 4) is 5.88 Å². The molecule has 0 saturated heterocycles. The molecule has 3 rings (SSSR count). The van der Waals surface area contributed by atoms with Gasteiger partial charge in [0.2, 0.25) is 5.91 Å². The van der Waals surface area contributed by atoms with Crippen LogP contribution in [0.1, 0.15) is 30.1 Å². The Kier molecular flexibility index (Phi) is 3.41. The third-order valence-corrected chi connectivity index (χ3v) is 3.21. The average molecular weight is 276 g/mol. The number of nitrogens with one attached hydrogen (secondary N) is 1. The summed E-state index contributed by atoms with van der Waals surface area (Å²) in [5.74, 6) is 1.48. The van der Waals surface area contributed by atoms with Crippen LogP contribution in [-0.4, -0.2) is 28.0 Å². The van der Waals surface area contributed by atoms with Gasteiger partial charge < -0.3 is 14.6 Å². The van der Waals surface area contributed by atoms with Crippen molar-refractivity contribution >= 4 is 5.91 Å². The first-order valence-electron chi connectivity index (χ1n) is 6.53. The van der Waals surface area contributed by atoms with Gasteiger partial charge in [-0.15, -0.1) is 0 Å². The largest absolute Gasteiger partial charge is 0.479 e.